The van der Waals surface area contributed by atoms with Crippen molar-refractivity contribution in [2.24, 2.45) is 0 Å². The van der Waals surface area contributed by atoms with Gasteiger partial charge in [0.25, 0.3) is 5.69 Å². The van der Waals surface area contributed by atoms with Crippen molar-refractivity contribution < 1.29 is 10.0 Å². The summed E-state index contributed by atoms with van der Waals surface area (Å²) in [5, 5.41) is 22.5. The number of anilines is 1. The summed E-state index contributed by atoms with van der Waals surface area (Å²) in [6, 6.07) is 5.02. The van der Waals surface area contributed by atoms with E-state index < -0.39 is 0 Å². The van der Waals surface area contributed by atoms with E-state index in [4.69, 9.17) is 5.11 Å². The first-order chi connectivity index (χ1) is 8.15. The van der Waals surface area contributed by atoms with E-state index in [-0.39, 0.29) is 17.2 Å². The van der Waals surface area contributed by atoms with Gasteiger partial charge in [-0.3, -0.25) is 10.1 Å². The van der Waals surface area contributed by atoms with Gasteiger partial charge in [0.05, 0.1) is 4.92 Å². The van der Waals surface area contributed by atoms with E-state index in [1.54, 1.807) is 19.1 Å². The number of aliphatic hydroxyl groups excluding tert-OH is 1. The van der Waals surface area contributed by atoms with Crippen molar-refractivity contribution in [3.63, 3.8) is 0 Å². The van der Waals surface area contributed by atoms with Crippen LogP contribution in [0.1, 0.15) is 24.8 Å². The van der Waals surface area contributed by atoms with Gasteiger partial charge in [-0.25, -0.2) is 0 Å². The van der Waals surface area contributed by atoms with Gasteiger partial charge in [0.1, 0.15) is 0 Å². The average Bonchev–Trinajstić information content (AvgIpc) is 2.28. The average molecular weight is 238 g/mol. The Morgan fingerprint density at radius 1 is 1.35 bits per heavy atom. The fourth-order valence-corrected chi connectivity index (χ4v) is 1.62. The molecule has 5 nitrogen and oxygen atoms in total. The number of aryl methyl sites for hydroxylation is 1. The van der Waals surface area contributed by atoms with Gasteiger partial charge in [0.15, 0.2) is 0 Å². The van der Waals surface area contributed by atoms with E-state index in [1.165, 1.54) is 6.07 Å². The van der Waals surface area contributed by atoms with Gasteiger partial charge in [-0.15, -0.1) is 0 Å². The fraction of sp³-hybridized carbons (Fsp3) is 0.500. The second-order valence-corrected chi connectivity index (χ2v) is 3.97. The molecule has 5 heteroatoms. The molecule has 0 saturated carbocycles. The number of nitro benzene ring substituents is 1. The Labute approximate surface area is 101 Å². The lowest BCUT2D eigenvalue weighted by atomic mass is 10.1. The lowest BCUT2D eigenvalue weighted by Gasteiger charge is -2.07. The Morgan fingerprint density at radius 2 is 2.12 bits per heavy atom. The molecule has 0 spiro atoms. The number of unbranched alkanes of at least 4 members (excludes halogenated alkanes) is 2. The molecule has 0 fully saturated rings. The summed E-state index contributed by atoms with van der Waals surface area (Å²) in [6.07, 6.45) is 2.78. The maximum absolute atomic E-state index is 10.6. The summed E-state index contributed by atoms with van der Waals surface area (Å²) in [7, 11) is 0. The molecule has 0 atom stereocenters. The molecule has 0 bridgehead atoms. The lowest BCUT2D eigenvalue weighted by molar-refractivity contribution is -0.385. The largest absolute Gasteiger partial charge is 0.396 e. The third-order valence-electron chi connectivity index (χ3n) is 2.56. The monoisotopic (exact) mass is 238 g/mol. The van der Waals surface area contributed by atoms with Crippen molar-refractivity contribution in [1.29, 1.82) is 0 Å². The van der Waals surface area contributed by atoms with Crippen LogP contribution in [0.5, 0.6) is 0 Å². The minimum atomic E-state index is -0.375. The predicted octanol–water partition coefficient (Wildman–Crippen LogP) is 2.48. The SMILES string of the molecule is Cc1cc(NCCCCCO)ccc1[N+](=O)[O-]. The summed E-state index contributed by atoms with van der Waals surface area (Å²) < 4.78 is 0. The second kappa shape index (κ2) is 6.85. The summed E-state index contributed by atoms with van der Waals surface area (Å²) in [5.74, 6) is 0. The van der Waals surface area contributed by atoms with Gasteiger partial charge >= 0.3 is 0 Å². The number of hydrogen-bond acceptors (Lipinski definition) is 4. The summed E-state index contributed by atoms with van der Waals surface area (Å²) in [6.45, 7) is 2.78. The maximum atomic E-state index is 10.6. The van der Waals surface area contributed by atoms with Gasteiger partial charge in [-0.2, -0.15) is 0 Å². The Kier molecular flexibility index (Phi) is 5.42. The van der Waals surface area contributed by atoms with Crippen molar-refractivity contribution in [2.75, 3.05) is 18.5 Å². The van der Waals surface area contributed by atoms with Gasteiger partial charge in [0.2, 0.25) is 0 Å². The minimum Gasteiger partial charge on any atom is -0.396 e. The normalized spacial score (nSPS) is 10.2. The molecule has 0 unspecified atom stereocenters. The third-order valence-corrected chi connectivity index (χ3v) is 2.56. The van der Waals surface area contributed by atoms with Crippen LogP contribution < -0.4 is 5.32 Å². The van der Waals surface area contributed by atoms with Crippen LogP contribution in [0.4, 0.5) is 11.4 Å². The predicted molar refractivity (Wildman–Crippen MR) is 67.3 cm³/mol. The van der Waals surface area contributed by atoms with Gasteiger partial charge in [0, 0.05) is 30.5 Å². The Balaban J connectivity index is 2.45. The maximum Gasteiger partial charge on any atom is 0.272 e. The van der Waals surface area contributed by atoms with Gasteiger partial charge < -0.3 is 10.4 Å². The highest BCUT2D eigenvalue weighted by molar-refractivity contribution is 5.53. The van der Waals surface area contributed by atoms with E-state index in [2.05, 4.69) is 5.32 Å². The van der Waals surface area contributed by atoms with Crippen molar-refractivity contribution in [2.45, 2.75) is 26.2 Å². The molecule has 94 valence electrons. The van der Waals surface area contributed by atoms with Crippen LogP contribution in [0.2, 0.25) is 0 Å². The zero-order chi connectivity index (χ0) is 12.7. The number of nitro groups is 1. The van der Waals surface area contributed by atoms with Gasteiger partial charge in [-0.05, 0) is 38.3 Å². The summed E-state index contributed by atoms with van der Waals surface area (Å²) in [4.78, 5) is 10.3. The van der Waals surface area contributed by atoms with Crippen LogP contribution in [0.3, 0.4) is 0 Å². The molecule has 0 aliphatic carbocycles. The standard InChI is InChI=1S/C12H18N2O3/c1-10-9-11(5-6-12(10)14(16)17)13-7-3-2-4-8-15/h5-6,9,13,15H,2-4,7-8H2,1H3. The van der Waals surface area contributed by atoms with Crippen LogP contribution >= 0.6 is 0 Å². The molecule has 0 saturated heterocycles. The Hall–Kier alpha value is -1.62. The van der Waals surface area contributed by atoms with E-state index >= 15 is 0 Å². The molecule has 0 aliphatic rings. The third kappa shape index (κ3) is 4.40. The number of aliphatic hydroxyl groups is 1. The van der Waals surface area contributed by atoms with E-state index in [9.17, 15) is 10.1 Å². The van der Waals surface area contributed by atoms with Crippen molar-refractivity contribution in [3.8, 4) is 0 Å². The molecule has 17 heavy (non-hydrogen) atoms. The van der Waals surface area contributed by atoms with Crippen LogP contribution in [0.15, 0.2) is 18.2 Å². The topological polar surface area (TPSA) is 75.4 Å². The Morgan fingerprint density at radius 3 is 2.71 bits per heavy atom. The minimum absolute atomic E-state index is 0.149. The van der Waals surface area contributed by atoms with Gasteiger partial charge in [-0.1, -0.05) is 0 Å². The molecule has 1 aromatic carbocycles. The van der Waals surface area contributed by atoms with Crippen LogP contribution in [0.25, 0.3) is 0 Å². The first-order valence-electron chi connectivity index (χ1n) is 5.75. The van der Waals surface area contributed by atoms with E-state index in [0.29, 0.717) is 5.56 Å². The zero-order valence-corrected chi connectivity index (χ0v) is 9.98. The smallest absolute Gasteiger partial charge is 0.272 e. The van der Waals surface area contributed by atoms with Crippen LogP contribution in [0, 0.1) is 17.0 Å². The highest BCUT2D eigenvalue weighted by Gasteiger charge is 2.09. The van der Waals surface area contributed by atoms with E-state index in [0.717, 1.165) is 31.5 Å². The number of nitrogens with zero attached hydrogens (tertiary/aromatic N) is 1. The molecular weight excluding hydrogens is 220 g/mol. The number of hydrogen-bond donors (Lipinski definition) is 2. The molecule has 0 heterocycles. The van der Waals surface area contributed by atoms with Crippen LogP contribution in [-0.4, -0.2) is 23.2 Å². The molecule has 2 N–H and O–H groups in total. The quantitative estimate of drug-likeness (QED) is 0.434. The molecule has 1 rings (SSSR count). The number of rotatable bonds is 7. The summed E-state index contributed by atoms with van der Waals surface area (Å²) in [5.41, 5.74) is 1.71. The lowest BCUT2D eigenvalue weighted by Crippen LogP contribution is -2.02. The first-order valence-corrected chi connectivity index (χ1v) is 5.75. The highest BCUT2D eigenvalue weighted by atomic mass is 16.6. The number of nitrogens with one attached hydrogen (secondary N) is 1. The number of benzene rings is 1. The Bertz CT molecular complexity index is 380. The molecule has 0 radical (unpaired) electrons. The van der Waals surface area contributed by atoms with Crippen molar-refractivity contribution >= 4 is 11.4 Å². The highest BCUT2D eigenvalue weighted by Crippen LogP contribution is 2.21. The van der Waals surface area contributed by atoms with Crippen molar-refractivity contribution in [3.05, 3.63) is 33.9 Å². The second-order valence-electron chi connectivity index (χ2n) is 3.97. The molecule has 1 aromatic rings. The molecule has 0 aliphatic heterocycles. The fourth-order valence-electron chi connectivity index (χ4n) is 1.62. The zero-order valence-electron chi connectivity index (χ0n) is 9.98. The molecule has 0 amide bonds. The molecule has 0 aromatic heterocycles. The van der Waals surface area contributed by atoms with E-state index in [1.807, 2.05) is 0 Å². The van der Waals surface area contributed by atoms with Crippen molar-refractivity contribution in [1.82, 2.24) is 0 Å². The first kappa shape index (κ1) is 13.4. The summed E-state index contributed by atoms with van der Waals surface area (Å²) >= 11 is 0. The van der Waals surface area contributed by atoms with Crippen LogP contribution in [-0.2, 0) is 0 Å². The molecular formula is C12H18N2O3.